The Morgan fingerprint density at radius 1 is 0.966 bits per heavy atom. The zero-order chi connectivity index (χ0) is 21.0. The summed E-state index contributed by atoms with van der Waals surface area (Å²) in [6.07, 6.45) is 0.829. The van der Waals surface area contributed by atoms with Crippen molar-refractivity contribution >= 4 is 11.7 Å². The van der Waals surface area contributed by atoms with Crippen LogP contribution in [0.25, 0.3) is 0 Å². The molecule has 0 spiro atoms. The van der Waals surface area contributed by atoms with E-state index >= 15 is 0 Å². The first-order chi connectivity index (χ1) is 13.8. The number of carbonyl (C=O) groups excluding carboxylic acids is 2. The van der Waals surface area contributed by atoms with Gasteiger partial charge in [0, 0.05) is 24.2 Å². The SMILES string of the molecule is CC(=O)c1cc(CC(C)c2cccc(C(=O)N3CCOCC3)c2)cc(C(C)C)c1. The summed E-state index contributed by atoms with van der Waals surface area (Å²) in [5.41, 5.74) is 5.00. The van der Waals surface area contributed by atoms with Crippen molar-refractivity contribution in [2.24, 2.45) is 0 Å². The molecular formula is C25H31NO3. The van der Waals surface area contributed by atoms with Gasteiger partial charge in [0.15, 0.2) is 5.78 Å². The molecule has 1 heterocycles. The second kappa shape index (κ2) is 9.36. The van der Waals surface area contributed by atoms with Gasteiger partial charge in [0.25, 0.3) is 5.91 Å². The number of morpholine rings is 1. The van der Waals surface area contributed by atoms with E-state index in [1.54, 1.807) is 6.92 Å². The van der Waals surface area contributed by atoms with E-state index in [4.69, 9.17) is 4.74 Å². The number of hydrogen-bond donors (Lipinski definition) is 0. The zero-order valence-corrected chi connectivity index (χ0v) is 17.9. The molecular weight excluding hydrogens is 362 g/mol. The van der Waals surface area contributed by atoms with Crippen LogP contribution in [-0.4, -0.2) is 42.9 Å². The quantitative estimate of drug-likeness (QED) is 0.660. The maximum absolute atomic E-state index is 12.8. The Kier molecular flexibility index (Phi) is 6.86. The van der Waals surface area contributed by atoms with Gasteiger partial charge in [-0.1, -0.05) is 39.0 Å². The molecule has 0 saturated carbocycles. The highest BCUT2D eigenvalue weighted by Gasteiger charge is 2.19. The predicted octanol–water partition coefficient (Wildman–Crippen LogP) is 4.83. The average Bonchev–Trinajstić information content (AvgIpc) is 2.73. The Balaban J connectivity index is 1.80. The Morgan fingerprint density at radius 2 is 1.66 bits per heavy atom. The molecule has 1 aliphatic rings. The molecule has 2 aromatic rings. The maximum Gasteiger partial charge on any atom is 0.254 e. The summed E-state index contributed by atoms with van der Waals surface area (Å²) in [5.74, 6) is 0.787. The van der Waals surface area contributed by atoms with Gasteiger partial charge in [0.05, 0.1) is 13.2 Å². The first-order valence-electron chi connectivity index (χ1n) is 10.5. The molecule has 1 amide bonds. The minimum atomic E-state index is 0.0722. The number of nitrogens with zero attached hydrogens (tertiary/aromatic N) is 1. The van der Waals surface area contributed by atoms with E-state index in [9.17, 15) is 9.59 Å². The zero-order valence-electron chi connectivity index (χ0n) is 17.9. The molecule has 1 saturated heterocycles. The molecule has 4 nitrogen and oxygen atoms in total. The van der Waals surface area contributed by atoms with Crippen molar-refractivity contribution in [2.75, 3.05) is 26.3 Å². The lowest BCUT2D eigenvalue weighted by Gasteiger charge is -2.27. The minimum absolute atomic E-state index is 0.0722. The lowest BCUT2D eigenvalue weighted by molar-refractivity contribution is 0.0303. The molecule has 0 radical (unpaired) electrons. The van der Waals surface area contributed by atoms with Gasteiger partial charge in [-0.25, -0.2) is 0 Å². The summed E-state index contributed by atoms with van der Waals surface area (Å²) in [4.78, 5) is 26.6. The van der Waals surface area contributed by atoms with Crippen molar-refractivity contribution in [3.05, 3.63) is 70.3 Å². The molecule has 1 atom stereocenters. The first kappa shape index (κ1) is 21.3. The van der Waals surface area contributed by atoms with Crippen molar-refractivity contribution in [1.29, 1.82) is 0 Å². The van der Waals surface area contributed by atoms with Gasteiger partial charge in [-0.05, 0) is 66.1 Å². The second-order valence-corrected chi connectivity index (χ2v) is 8.31. The summed E-state index contributed by atoms with van der Waals surface area (Å²) < 4.78 is 5.35. The van der Waals surface area contributed by atoms with Crippen LogP contribution in [0.4, 0.5) is 0 Å². The largest absolute Gasteiger partial charge is 0.378 e. The van der Waals surface area contributed by atoms with Crippen molar-refractivity contribution in [3.63, 3.8) is 0 Å². The molecule has 0 bridgehead atoms. The summed E-state index contributed by atoms with van der Waals surface area (Å²) in [6, 6.07) is 14.2. The normalized spacial score (nSPS) is 15.4. The highest BCUT2D eigenvalue weighted by atomic mass is 16.5. The fourth-order valence-corrected chi connectivity index (χ4v) is 3.77. The van der Waals surface area contributed by atoms with E-state index < -0.39 is 0 Å². The third-order valence-corrected chi connectivity index (χ3v) is 5.63. The molecule has 29 heavy (non-hydrogen) atoms. The number of hydrogen-bond acceptors (Lipinski definition) is 3. The topological polar surface area (TPSA) is 46.6 Å². The molecule has 1 fully saturated rings. The summed E-state index contributed by atoms with van der Waals surface area (Å²) in [6.45, 7) is 10.6. The van der Waals surface area contributed by atoms with Crippen LogP contribution in [0.1, 0.15) is 76.9 Å². The van der Waals surface area contributed by atoms with E-state index in [1.807, 2.05) is 35.2 Å². The van der Waals surface area contributed by atoms with E-state index in [0.29, 0.717) is 32.2 Å². The first-order valence-corrected chi connectivity index (χ1v) is 10.5. The number of ether oxygens (including phenoxy) is 1. The summed E-state index contributed by atoms with van der Waals surface area (Å²) in [5, 5.41) is 0. The molecule has 3 rings (SSSR count). The van der Waals surface area contributed by atoms with E-state index in [-0.39, 0.29) is 17.6 Å². The molecule has 0 aromatic heterocycles. The highest BCUT2D eigenvalue weighted by molar-refractivity contribution is 5.95. The fraction of sp³-hybridized carbons (Fsp3) is 0.440. The van der Waals surface area contributed by atoms with Crippen LogP contribution < -0.4 is 0 Å². The minimum Gasteiger partial charge on any atom is -0.378 e. The molecule has 2 aromatic carbocycles. The number of carbonyl (C=O) groups is 2. The van der Waals surface area contributed by atoms with Crippen molar-refractivity contribution in [2.45, 2.75) is 46.0 Å². The lowest BCUT2D eigenvalue weighted by atomic mass is 9.89. The summed E-state index contributed by atoms with van der Waals surface area (Å²) >= 11 is 0. The monoisotopic (exact) mass is 393 g/mol. The maximum atomic E-state index is 12.8. The third-order valence-electron chi connectivity index (χ3n) is 5.63. The van der Waals surface area contributed by atoms with Gasteiger partial charge >= 0.3 is 0 Å². The number of Topliss-reactive ketones (excluding diaryl/α,β-unsaturated/α-hetero) is 1. The van der Waals surface area contributed by atoms with Crippen LogP contribution in [0.15, 0.2) is 42.5 Å². The van der Waals surface area contributed by atoms with Crippen LogP contribution in [-0.2, 0) is 11.2 Å². The van der Waals surface area contributed by atoms with Crippen molar-refractivity contribution < 1.29 is 14.3 Å². The van der Waals surface area contributed by atoms with Gasteiger partial charge in [-0.3, -0.25) is 9.59 Å². The van der Waals surface area contributed by atoms with Crippen LogP contribution in [0.2, 0.25) is 0 Å². The molecule has 154 valence electrons. The number of benzene rings is 2. The Labute approximate surface area is 173 Å². The van der Waals surface area contributed by atoms with E-state index in [0.717, 1.165) is 23.1 Å². The van der Waals surface area contributed by atoms with Crippen molar-refractivity contribution in [3.8, 4) is 0 Å². The Morgan fingerprint density at radius 3 is 2.31 bits per heavy atom. The van der Waals surface area contributed by atoms with Gasteiger partial charge in [-0.15, -0.1) is 0 Å². The second-order valence-electron chi connectivity index (χ2n) is 8.31. The predicted molar refractivity (Wildman–Crippen MR) is 116 cm³/mol. The van der Waals surface area contributed by atoms with Crippen LogP contribution in [0.5, 0.6) is 0 Å². The molecule has 0 aliphatic carbocycles. The van der Waals surface area contributed by atoms with Gasteiger partial charge < -0.3 is 9.64 Å². The molecule has 4 heteroatoms. The van der Waals surface area contributed by atoms with Crippen molar-refractivity contribution in [1.82, 2.24) is 4.90 Å². The summed E-state index contributed by atoms with van der Waals surface area (Å²) in [7, 11) is 0. The van der Waals surface area contributed by atoms with Crippen LogP contribution in [0, 0.1) is 0 Å². The smallest absolute Gasteiger partial charge is 0.254 e. The van der Waals surface area contributed by atoms with Crippen LogP contribution in [0.3, 0.4) is 0 Å². The number of amides is 1. The van der Waals surface area contributed by atoms with Crippen LogP contribution >= 0.6 is 0 Å². The Hall–Kier alpha value is -2.46. The standard InChI is InChI=1S/C25H31NO3/c1-17(2)23-13-20(14-24(16-23)19(4)27)12-18(3)21-6-5-7-22(15-21)25(28)26-8-10-29-11-9-26/h5-7,13-18H,8-12H2,1-4H3. The highest BCUT2D eigenvalue weighted by Crippen LogP contribution is 2.26. The fourth-order valence-electron chi connectivity index (χ4n) is 3.77. The number of ketones is 1. The Bertz CT molecular complexity index is 881. The van der Waals surface area contributed by atoms with Gasteiger partial charge in [0.1, 0.15) is 0 Å². The van der Waals surface area contributed by atoms with Gasteiger partial charge in [-0.2, -0.15) is 0 Å². The lowest BCUT2D eigenvalue weighted by Crippen LogP contribution is -2.40. The number of rotatable bonds is 6. The molecule has 1 aliphatic heterocycles. The molecule has 0 N–H and O–H groups in total. The third kappa shape index (κ3) is 5.33. The average molecular weight is 394 g/mol. The van der Waals surface area contributed by atoms with Gasteiger partial charge in [0.2, 0.25) is 0 Å². The molecule has 1 unspecified atom stereocenters. The van der Waals surface area contributed by atoms with E-state index in [1.165, 1.54) is 11.1 Å². The van der Waals surface area contributed by atoms with E-state index in [2.05, 4.69) is 32.9 Å².